The molecule has 3 heterocycles. The lowest BCUT2D eigenvalue weighted by Crippen LogP contribution is -2.39. The molecule has 4 rings (SSSR count). The Morgan fingerprint density at radius 2 is 2.17 bits per heavy atom. The number of aromatic amines is 1. The standard InChI is InChI=1S/C16H22N6O2/c1-21(2)16-18-14(24-20-16)11-4-3-7-22(9-11)15(23)12-8-17-19-13(12)10-5-6-10/h8,10-11H,3-7,9H2,1-2H3,(H,17,19). The van der Waals surface area contributed by atoms with E-state index in [0.29, 0.717) is 24.3 Å². The van der Waals surface area contributed by atoms with Crippen LogP contribution in [-0.4, -0.2) is 58.3 Å². The van der Waals surface area contributed by atoms with Crippen LogP contribution in [-0.2, 0) is 0 Å². The summed E-state index contributed by atoms with van der Waals surface area (Å²) in [6, 6.07) is 0. The summed E-state index contributed by atoms with van der Waals surface area (Å²) in [5.41, 5.74) is 1.72. The van der Waals surface area contributed by atoms with Gasteiger partial charge >= 0.3 is 0 Å². The molecule has 0 bridgehead atoms. The van der Waals surface area contributed by atoms with E-state index in [4.69, 9.17) is 4.52 Å². The van der Waals surface area contributed by atoms with Gasteiger partial charge in [0.1, 0.15) is 0 Å². The van der Waals surface area contributed by atoms with Crippen molar-refractivity contribution < 1.29 is 9.32 Å². The lowest BCUT2D eigenvalue weighted by molar-refractivity contribution is 0.0694. The molecule has 8 heteroatoms. The van der Waals surface area contributed by atoms with Crippen molar-refractivity contribution in [2.24, 2.45) is 0 Å². The lowest BCUT2D eigenvalue weighted by Gasteiger charge is -2.31. The average molecular weight is 330 g/mol. The molecule has 1 aliphatic carbocycles. The summed E-state index contributed by atoms with van der Waals surface area (Å²) >= 11 is 0. The Labute approximate surface area is 140 Å². The summed E-state index contributed by atoms with van der Waals surface area (Å²) in [6.07, 6.45) is 5.84. The Kier molecular flexibility index (Phi) is 3.74. The molecule has 0 spiro atoms. The molecule has 0 radical (unpaired) electrons. The number of amides is 1. The van der Waals surface area contributed by atoms with Crippen molar-refractivity contribution in [1.82, 2.24) is 25.2 Å². The Morgan fingerprint density at radius 3 is 2.88 bits per heavy atom. The fraction of sp³-hybridized carbons (Fsp3) is 0.625. The number of nitrogens with zero attached hydrogens (tertiary/aromatic N) is 5. The fourth-order valence-electron chi connectivity index (χ4n) is 3.26. The number of aromatic nitrogens is 4. The van der Waals surface area contributed by atoms with Crippen molar-refractivity contribution in [3.63, 3.8) is 0 Å². The Hall–Kier alpha value is -2.38. The highest BCUT2D eigenvalue weighted by atomic mass is 16.5. The van der Waals surface area contributed by atoms with Gasteiger partial charge in [-0.2, -0.15) is 10.1 Å². The van der Waals surface area contributed by atoms with Gasteiger partial charge in [-0.15, -0.1) is 0 Å². The number of rotatable bonds is 4. The topological polar surface area (TPSA) is 91.2 Å². The second-order valence-corrected chi connectivity index (χ2v) is 6.89. The van der Waals surface area contributed by atoms with Gasteiger partial charge in [0, 0.05) is 33.1 Å². The van der Waals surface area contributed by atoms with Crippen LogP contribution in [0.25, 0.3) is 0 Å². The largest absolute Gasteiger partial charge is 0.344 e. The van der Waals surface area contributed by atoms with Gasteiger partial charge < -0.3 is 14.3 Å². The first-order valence-corrected chi connectivity index (χ1v) is 8.47. The van der Waals surface area contributed by atoms with Gasteiger partial charge in [-0.25, -0.2) is 0 Å². The first kappa shape index (κ1) is 15.2. The number of piperidine rings is 1. The maximum Gasteiger partial charge on any atom is 0.265 e. The van der Waals surface area contributed by atoms with Crippen molar-refractivity contribution in [1.29, 1.82) is 0 Å². The average Bonchev–Trinajstić information content (AvgIpc) is 3.13. The molecular formula is C16H22N6O2. The van der Waals surface area contributed by atoms with E-state index < -0.39 is 0 Å². The van der Waals surface area contributed by atoms with Gasteiger partial charge in [-0.05, 0) is 30.8 Å². The maximum absolute atomic E-state index is 12.9. The number of H-pyrrole nitrogens is 1. The molecule has 24 heavy (non-hydrogen) atoms. The molecule has 1 N–H and O–H groups in total. The predicted molar refractivity (Wildman–Crippen MR) is 87.1 cm³/mol. The third-order valence-electron chi connectivity index (χ3n) is 4.77. The van der Waals surface area contributed by atoms with Crippen molar-refractivity contribution in [2.45, 2.75) is 37.5 Å². The van der Waals surface area contributed by atoms with E-state index >= 15 is 0 Å². The lowest BCUT2D eigenvalue weighted by atomic mass is 9.97. The van der Waals surface area contributed by atoms with Crippen LogP contribution < -0.4 is 4.90 Å². The van der Waals surface area contributed by atoms with E-state index in [1.54, 1.807) is 6.20 Å². The molecule has 2 aliphatic rings. The number of carbonyl (C=O) groups excluding carboxylic acids is 1. The Bertz CT molecular complexity index is 733. The zero-order chi connectivity index (χ0) is 16.7. The summed E-state index contributed by atoms with van der Waals surface area (Å²) in [4.78, 5) is 21.0. The summed E-state index contributed by atoms with van der Waals surface area (Å²) < 4.78 is 5.40. The number of hydrogen-bond acceptors (Lipinski definition) is 6. The molecule has 2 aromatic rings. The minimum absolute atomic E-state index is 0.0581. The first-order valence-electron chi connectivity index (χ1n) is 8.47. The van der Waals surface area contributed by atoms with Crippen LogP contribution >= 0.6 is 0 Å². The molecule has 2 aromatic heterocycles. The third-order valence-corrected chi connectivity index (χ3v) is 4.77. The predicted octanol–water partition coefficient (Wildman–Crippen LogP) is 1.76. The molecule has 1 saturated carbocycles. The highest BCUT2D eigenvalue weighted by Crippen LogP contribution is 2.41. The van der Waals surface area contributed by atoms with Gasteiger partial charge in [0.05, 0.1) is 23.4 Å². The van der Waals surface area contributed by atoms with E-state index in [9.17, 15) is 4.79 Å². The van der Waals surface area contributed by atoms with Crippen LogP contribution in [0.15, 0.2) is 10.7 Å². The summed E-state index contributed by atoms with van der Waals surface area (Å²) in [5, 5.41) is 11.1. The van der Waals surface area contributed by atoms with Crippen LogP contribution in [0.3, 0.4) is 0 Å². The number of carbonyl (C=O) groups is 1. The Morgan fingerprint density at radius 1 is 1.33 bits per heavy atom. The highest BCUT2D eigenvalue weighted by Gasteiger charge is 2.34. The first-order chi connectivity index (χ1) is 11.6. The molecule has 128 valence electrons. The number of hydrogen-bond donors (Lipinski definition) is 1. The zero-order valence-electron chi connectivity index (χ0n) is 14.0. The molecule has 1 unspecified atom stereocenters. The van der Waals surface area contributed by atoms with E-state index in [1.165, 1.54) is 0 Å². The van der Waals surface area contributed by atoms with Crippen LogP contribution in [0.4, 0.5) is 5.95 Å². The zero-order valence-corrected chi connectivity index (χ0v) is 14.0. The van der Waals surface area contributed by atoms with Crippen molar-refractivity contribution in [2.75, 3.05) is 32.1 Å². The van der Waals surface area contributed by atoms with E-state index in [2.05, 4.69) is 20.3 Å². The second kappa shape index (κ2) is 5.92. The maximum atomic E-state index is 12.9. The minimum atomic E-state index is 0.0581. The number of likely N-dealkylation sites (tertiary alicyclic amines) is 1. The van der Waals surface area contributed by atoms with Crippen LogP contribution in [0.1, 0.15) is 59.5 Å². The van der Waals surface area contributed by atoms with Crippen LogP contribution in [0.5, 0.6) is 0 Å². The quantitative estimate of drug-likeness (QED) is 0.918. The van der Waals surface area contributed by atoms with Gasteiger partial charge in [0.2, 0.25) is 5.89 Å². The van der Waals surface area contributed by atoms with Crippen molar-refractivity contribution in [3.8, 4) is 0 Å². The summed E-state index contributed by atoms with van der Waals surface area (Å²) in [6.45, 7) is 1.38. The summed E-state index contributed by atoms with van der Waals surface area (Å²) in [5.74, 6) is 1.82. The monoisotopic (exact) mass is 330 g/mol. The fourth-order valence-corrected chi connectivity index (χ4v) is 3.26. The third kappa shape index (κ3) is 2.76. The van der Waals surface area contributed by atoms with Crippen molar-refractivity contribution >= 4 is 11.9 Å². The van der Waals surface area contributed by atoms with Gasteiger partial charge in [0.15, 0.2) is 0 Å². The highest BCUT2D eigenvalue weighted by molar-refractivity contribution is 5.95. The van der Waals surface area contributed by atoms with E-state index in [-0.39, 0.29) is 11.8 Å². The molecule has 1 aliphatic heterocycles. The smallest absolute Gasteiger partial charge is 0.265 e. The van der Waals surface area contributed by atoms with Crippen molar-refractivity contribution in [3.05, 3.63) is 23.3 Å². The molecular weight excluding hydrogens is 308 g/mol. The Balaban J connectivity index is 1.49. The minimum Gasteiger partial charge on any atom is -0.344 e. The molecule has 1 amide bonds. The number of nitrogens with one attached hydrogen (secondary N) is 1. The van der Waals surface area contributed by atoms with E-state index in [1.807, 2.05) is 23.9 Å². The number of anilines is 1. The normalized spacial score (nSPS) is 21.1. The van der Waals surface area contributed by atoms with Crippen LogP contribution in [0, 0.1) is 0 Å². The summed E-state index contributed by atoms with van der Waals surface area (Å²) in [7, 11) is 3.76. The van der Waals surface area contributed by atoms with Gasteiger partial charge in [-0.1, -0.05) is 0 Å². The molecule has 1 saturated heterocycles. The van der Waals surface area contributed by atoms with Crippen LogP contribution in [0.2, 0.25) is 0 Å². The molecule has 8 nitrogen and oxygen atoms in total. The molecule has 1 atom stereocenters. The van der Waals surface area contributed by atoms with Gasteiger partial charge in [0.25, 0.3) is 11.9 Å². The van der Waals surface area contributed by atoms with E-state index in [0.717, 1.165) is 43.5 Å². The second-order valence-electron chi connectivity index (χ2n) is 6.89. The SMILES string of the molecule is CN(C)c1noc(C2CCCN(C(=O)c3cn[nH]c3C3CC3)C2)n1. The van der Waals surface area contributed by atoms with Gasteiger partial charge in [-0.3, -0.25) is 9.89 Å². The molecule has 2 fully saturated rings. The molecule has 0 aromatic carbocycles.